The maximum Gasteiger partial charge on any atom is 0.259 e. The minimum atomic E-state index is -0.741. The van der Waals surface area contributed by atoms with Crippen LogP contribution >= 0.6 is 46.3 Å². The van der Waals surface area contributed by atoms with Gasteiger partial charge in [-0.1, -0.05) is 34.5 Å². The summed E-state index contributed by atoms with van der Waals surface area (Å²) in [7, 11) is 0. The van der Waals surface area contributed by atoms with Gasteiger partial charge in [0.05, 0.1) is 31.3 Å². The molecule has 1 heterocycles. The third-order valence-electron chi connectivity index (χ3n) is 2.57. The zero-order valence-electron chi connectivity index (χ0n) is 11.7. The lowest BCUT2D eigenvalue weighted by atomic mass is 10.2. The van der Waals surface area contributed by atoms with E-state index in [1.165, 1.54) is 23.1 Å². The number of rotatable bonds is 5. The van der Waals surface area contributed by atoms with Gasteiger partial charge in [0.25, 0.3) is 5.91 Å². The molecule has 2 amide bonds. The number of thioether (sulfide) groups is 1. The summed E-state index contributed by atoms with van der Waals surface area (Å²) in [4.78, 5) is 27.1. The Bertz CT molecular complexity index is 783. The van der Waals surface area contributed by atoms with Gasteiger partial charge in [-0.2, -0.15) is 0 Å². The molecule has 1 aromatic carbocycles. The van der Waals surface area contributed by atoms with Gasteiger partial charge in [0.15, 0.2) is 5.13 Å². The summed E-state index contributed by atoms with van der Waals surface area (Å²) in [6.07, 6.45) is 0. The molecule has 0 bridgehead atoms. The van der Waals surface area contributed by atoms with Crippen molar-refractivity contribution in [3.8, 4) is 0 Å². The quantitative estimate of drug-likeness (QED) is 0.598. The fourth-order valence-electron chi connectivity index (χ4n) is 1.57. The van der Waals surface area contributed by atoms with E-state index in [-0.39, 0.29) is 21.4 Å². The second-order valence-electron chi connectivity index (χ2n) is 4.35. The molecule has 0 fully saturated rings. The number of benzene rings is 1. The van der Waals surface area contributed by atoms with E-state index in [1.54, 1.807) is 6.92 Å². The van der Waals surface area contributed by atoms with Crippen molar-refractivity contribution in [1.29, 1.82) is 0 Å². The summed E-state index contributed by atoms with van der Waals surface area (Å²) in [6.45, 7) is 1.74. The highest BCUT2D eigenvalue weighted by Gasteiger charge is 2.17. The maximum absolute atomic E-state index is 13.5. The highest BCUT2D eigenvalue weighted by Crippen LogP contribution is 2.32. The van der Waals surface area contributed by atoms with Crippen LogP contribution in [-0.4, -0.2) is 22.6 Å². The van der Waals surface area contributed by atoms with Crippen LogP contribution in [0, 0.1) is 12.7 Å². The van der Waals surface area contributed by atoms with Gasteiger partial charge in [0, 0.05) is 0 Å². The summed E-state index contributed by atoms with van der Waals surface area (Å²) < 4.78 is 14.2. The van der Waals surface area contributed by atoms with Crippen LogP contribution in [0.1, 0.15) is 16.1 Å². The van der Waals surface area contributed by atoms with E-state index in [0.29, 0.717) is 10.8 Å². The van der Waals surface area contributed by atoms with Crippen LogP contribution in [0.25, 0.3) is 0 Å². The zero-order valence-corrected chi connectivity index (χ0v) is 14.8. The molecule has 23 heavy (non-hydrogen) atoms. The lowest BCUT2D eigenvalue weighted by molar-refractivity contribution is -0.115. The smallest absolute Gasteiger partial charge is 0.259 e. The molecule has 0 spiro atoms. The molecule has 2 rings (SSSR count). The van der Waals surface area contributed by atoms with Crippen LogP contribution < -0.4 is 11.1 Å². The Hall–Kier alpha value is -1.35. The van der Waals surface area contributed by atoms with Crippen LogP contribution in [0.3, 0.4) is 0 Å². The molecule has 122 valence electrons. The molecule has 0 radical (unpaired) electrons. The molecule has 2 aromatic rings. The Kier molecular flexibility index (Phi) is 5.85. The molecular weight excluding hydrogens is 384 g/mol. The summed E-state index contributed by atoms with van der Waals surface area (Å²) in [5.74, 6) is -1.68. The standard InChI is InChI=1S/C13H10Cl2FN3O2S2/c1-5-12(22-4-10(17)20)23-13(18-5)19-11(21)6-2-9(16)8(15)3-7(6)14/h2-3H,4H2,1H3,(H2,17,20)(H,18,19,21). The highest BCUT2D eigenvalue weighted by atomic mass is 35.5. The molecule has 5 nitrogen and oxygen atoms in total. The number of aromatic nitrogens is 1. The molecule has 0 aliphatic rings. The second kappa shape index (κ2) is 7.48. The van der Waals surface area contributed by atoms with E-state index in [0.717, 1.165) is 16.3 Å². The lowest BCUT2D eigenvalue weighted by Gasteiger charge is -2.05. The van der Waals surface area contributed by atoms with Crippen molar-refractivity contribution >= 4 is 63.2 Å². The first-order chi connectivity index (χ1) is 10.8. The van der Waals surface area contributed by atoms with Crippen molar-refractivity contribution < 1.29 is 14.0 Å². The fourth-order valence-corrected chi connectivity index (χ4v) is 3.91. The topological polar surface area (TPSA) is 85.1 Å². The molecule has 1 aromatic heterocycles. The number of carbonyl (C=O) groups is 2. The number of thiazole rings is 1. The summed E-state index contributed by atoms with van der Waals surface area (Å²) in [5.41, 5.74) is 5.70. The van der Waals surface area contributed by atoms with Crippen LogP contribution in [0.5, 0.6) is 0 Å². The van der Waals surface area contributed by atoms with Crippen LogP contribution in [0.4, 0.5) is 9.52 Å². The van der Waals surface area contributed by atoms with Crippen LogP contribution in [0.2, 0.25) is 10.0 Å². The molecule has 0 aliphatic carbocycles. The van der Waals surface area contributed by atoms with Gasteiger partial charge >= 0.3 is 0 Å². The van der Waals surface area contributed by atoms with Crippen molar-refractivity contribution in [3.63, 3.8) is 0 Å². The lowest BCUT2D eigenvalue weighted by Crippen LogP contribution is -2.12. The number of hydrogen-bond donors (Lipinski definition) is 2. The molecule has 0 saturated heterocycles. The minimum absolute atomic E-state index is 0.0329. The Labute approximate surface area is 149 Å². The van der Waals surface area contributed by atoms with Crippen molar-refractivity contribution in [3.05, 3.63) is 39.3 Å². The molecule has 0 aliphatic heterocycles. The number of hydrogen-bond acceptors (Lipinski definition) is 5. The minimum Gasteiger partial charge on any atom is -0.369 e. The number of halogens is 3. The summed E-state index contributed by atoms with van der Waals surface area (Å²) >= 11 is 13.9. The zero-order chi connectivity index (χ0) is 17.1. The van der Waals surface area contributed by atoms with Gasteiger partial charge in [-0.15, -0.1) is 11.8 Å². The number of anilines is 1. The number of nitrogens with zero attached hydrogens (tertiary/aromatic N) is 1. The molecule has 0 unspecified atom stereocenters. The fraction of sp³-hybridized carbons (Fsp3) is 0.154. The van der Waals surface area contributed by atoms with Crippen molar-refractivity contribution in [1.82, 2.24) is 4.98 Å². The van der Waals surface area contributed by atoms with Crippen molar-refractivity contribution in [2.75, 3.05) is 11.1 Å². The Morgan fingerprint density at radius 1 is 1.39 bits per heavy atom. The first-order valence-corrected chi connectivity index (χ1v) is 8.68. The predicted molar refractivity (Wildman–Crippen MR) is 91.1 cm³/mol. The monoisotopic (exact) mass is 393 g/mol. The normalized spacial score (nSPS) is 10.6. The summed E-state index contributed by atoms with van der Waals surface area (Å²) in [6, 6.07) is 2.12. The number of nitrogens with one attached hydrogen (secondary N) is 1. The van der Waals surface area contributed by atoms with Gasteiger partial charge in [0.2, 0.25) is 5.91 Å². The van der Waals surface area contributed by atoms with E-state index in [9.17, 15) is 14.0 Å². The molecule has 0 saturated carbocycles. The van der Waals surface area contributed by atoms with Crippen LogP contribution in [0.15, 0.2) is 16.3 Å². The Morgan fingerprint density at radius 3 is 2.74 bits per heavy atom. The van der Waals surface area contributed by atoms with Crippen LogP contribution in [-0.2, 0) is 4.79 Å². The van der Waals surface area contributed by atoms with E-state index in [2.05, 4.69) is 10.3 Å². The average molecular weight is 394 g/mol. The SMILES string of the molecule is Cc1nc(NC(=O)c2cc(F)c(Cl)cc2Cl)sc1SCC(N)=O. The molecule has 0 atom stereocenters. The molecular formula is C13H10Cl2FN3O2S2. The largest absolute Gasteiger partial charge is 0.369 e. The average Bonchev–Trinajstić information content (AvgIpc) is 2.80. The van der Waals surface area contributed by atoms with E-state index in [4.69, 9.17) is 28.9 Å². The first-order valence-electron chi connectivity index (χ1n) is 6.12. The molecule has 3 N–H and O–H groups in total. The summed E-state index contributed by atoms with van der Waals surface area (Å²) in [5, 5.41) is 2.72. The number of aryl methyl sites for hydroxylation is 1. The third kappa shape index (κ3) is 4.57. The predicted octanol–water partition coefficient (Wildman–Crippen LogP) is 3.73. The van der Waals surface area contributed by atoms with Gasteiger partial charge < -0.3 is 5.73 Å². The number of nitrogens with two attached hydrogens (primary N) is 1. The van der Waals surface area contributed by atoms with E-state index in [1.807, 2.05) is 0 Å². The first kappa shape index (κ1) is 18.0. The maximum atomic E-state index is 13.5. The van der Waals surface area contributed by atoms with Gasteiger partial charge in [-0.3, -0.25) is 14.9 Å². The van der Waals surface area contributed by atoms with Crippen molar-refractivity contribution in [2.45, 2.75) is 11.1 Å². The van der Waals surface area contributed by atoms with E-state index < -0.39 is 17.6 Å². The van der Waals surface area contributed by atoms with Gasteiger partial charge in [-0.25, -0.2) is 9.37 Å². The number of amides is 2. The number of carbonyl (C=O) groups excluding carboxylic acids is 2. The van der Waals surface area contributed by atoms with E-state index >= 15 is 0 Å². The Morgan fingerprint density at radius 2 is 2.09 bits per heavy atom. The van der Waals surface area contributed by atoms with Gasteiger partial charge in [0.1, 0.15) is 5.82 Å². The third-order valence-corrected chi connectivity index (χ3v) is 5.63. The second-order valence-corrected chi connectivity index (χ2v) is 7.40. The number of primary amides is 1. The molecule has 10 heteroatoms. The highest BCUT2D eigenvalue weighted by molar-refractivity contribution is 8.01. The van der Waals surface area contributed by atoms with Gasteiger partial charge in [-0.05, 0) is 19.1 Å². The van der Waals surface area contributed by atoms with Crippen molar-refractivity contribution in [2.24, 2.45) is 5.73 Å². The Balaban J connectivity index is 2.16.